The third-order valence-electron chi connectivity index (χ3n) is 4.39. The number of nitrogens with zero attached hydrogens (tertiary/aromatic N) is 2. The summed E-state index contributed by atoms with van der Waals surface area (Å²) in [5.74, 6) is 0.300. The molecule has 0 spiro atoms. The van der Waals surface area contributed by atoms with Crippen LogP contribution >= 0.6 is 0 Å². The van der Waals surface area contributed by atoms with E-state index in [1.165, 1.54) is 0 Å². The molecular weight excluding hydrogens is 214 g/mol. The Balaban J connectivity index is 2.03. The predicted octanol–water partition coefficient (Wildman–Crippen LogP) is 1.14. The van der Waals surface area contributed by atoms with E-state index in [9.17, 15) is 4.79 Å². The van der Waals surface area contributed by atoms with Gasteiger partial charge in [-0.25, -0.2) is 0 Å². The SMILES string of the molecule is CNC(=O)C1(C)CCN(C2CCCC2C#N)C1. The third kappa shape index (κ3) is 2.16. The van der Waals surface area contributed by atoms with Crippen molar-refractivity contribution in [1.82, 2.24) is 10.2 Å². The van der Waals surface area contributed by atoms with Crippen molar-refractivity contribution >= 4 is 5.91 Å². The Bertz CT molecular complexity index is 349. The van der Waals surface area contributed by atoms with Crippen LogP contribution in [0.2, 0.25) is 0 Å². The van der Waals surface area contributed by atoms with Crippen LogP contribution in [0.25, 0.3) is 0 Å². The Kier molecular flexibility index (Phi) is 3.39. The second-order valence-electron chi connectivity index (χ2n) is 5.59. The first-order valence-corrected chi connectivity index (χ1v) is 6.46. The lowest BCUT2D eigenvalue weighted by molar-refractivity contribution is -0.129. The van der Waals surface area contributed by atoms with Gasteiger partial charge in [0.25, 0.3) is 0 Å². The molecule has 1 aliphatic carbocycles. The molecule has 0 aromatic heterocycles. The second-order valence-corrected chi connectivity index (χ2v) is 5.59. The Labute approximate surface area is 103 Å². The monoisotopic (exact) mass is 235 g/mol. The largest absolute Gasteiger partial charge is 0.359 e. The zero-order valence-corrected chi connectivity index (χ0v) is 10.7. The highest BCUT2D eigenvalue weighted by molar-refractivity contribution is 5.82. The molecule has 94 valence electrons. The topological polar surface area (TPSA) is 56.1 Å². The molecule has 3 atom stereocenters. The summed E-state index contributed by atoms with van der Waals surface area (Å²) < 4.78 is 0. The van der Waals surface area contributed by atoms with Crippen LogP contribution < -0.4 is 5.32 Å². The predicted molar refractivity (Wildman–Crippen MR) is 65.1 cm³/mol. The first-order chi connectivity index (χ1) is 8.10. The van der Waals surface area contributed by atoms with Gasteiger partial charge in [0.15, 0.2) is 0 Å². The van der Waals surface area contributed by atoms with Crippen molar-refractivity contribution < 1.29 is 4.79 Å². The lowest BCUT2D eigenvalue weighted by Crippen LogP contribution is -2.42. The molecule has 2 aliphatic rings. The molecule has 1 amide bonds. The molecule has 1 N–H and O–H groups in total. The van der Waals surface area contributed by atoms with Gasteiger partial charge < -0.3 is 5.32 Å². The molecule has 2 rings (SSSR count). The van der Waals surface area contributed by atoms with E-state index in [-0.39, 0.29) is 17.2 Å². The highest BCUT2D eigenvalue weighted by Gasteiger charge is 2.44. The van der Waals surface area contributed by atoms with Crippen molar-refractivity contribution in [2.75, 3.05) is 20.1 Å². The molecule has 2 fully saturated rings. The van der Waals surface area contributed by atoms with E-state index in [1.807, 2.05) is 6.92 Å². The van der Waals surface area contributed by atoms with Crippen LogP contribution in [0, 0.1) is 22.7 Å². The van der Waals surface area contributed by atoms with E-state index in [0.717, 1.165) is 38.8 Å². The molecule has 0 radical (unpaired) electrons. The zero-order valence-electron chi connectivity index (χ0n) is 10.7. The van der Waals surface area contributed by atoms with Crippen molar-refractivity contribution in [3.63, 3.8) is 0 Å². The summed E-state index contributed by atoms with van der Waals surface area (Å²) in [6.45, 7) is 3.78. The number of likely N-dealkylation sites (tertiary alicyclic amines) is 1. The van der Waals surface area contributed by atoms with Gasteiger partial charge in [-0.3, -0.25) is 9.69 Å². The molecule has 1 aliphatic heterocycles. The molecule has 4 nitrogen and oxygen atoms in total. The smallest absolute Gasteiger partial charge is 0.227 e. The van der Waals surface area contributed by atoms with Gasteiger partial charge in [-0.15, -0.1) is 0 Å². The van der Waals surface area contributed by atoms with Gasteiger partial charge in [-0.1, -0.05) is 6.42 Å². The van der Waals surface area contributed by atoms with Gasteiger partial charge in [0.2, 0.25) is 5.91 Å². The molecule has 0 aromatic carbocycles. The maximum atomic E-state index is 11.8. The van der Waals surface area contributed by atoms with Gasteiger partial charge in [-0.05, 0) is 32.7 Å². The van der Waals surface area contributed by atoms with Gasteiger partial charge in [0.05, 0.1) is 17.4 Å². The summed E-state index contributed by atoms with van der Waals surface area (Å²) in [4.78, 5) is 14.2. The molecule has 17 heavy (non-hydrogen) atoms. The fraction of sp³-hybridized carbons (Fsp3) is 0.846. The van der Waals surface area contributed by atoms with E-state index in [1.54, 1.807) is 7.05 Å². The summed E-state index contributed by atoms with van der Waals surface area (Å²) in [6.07, 6.45) is 4.19. The molecule has 1 saturated carbocycles. The fourth-order valence-electron chi connectivity index (χ4n) is 3.30. The standard InChI is InChI=1S/C13H21N3O/c1-13(12(17)15-2)6-7-16(9-13)11-5-3-4-10(11)8-14/h10-11H,3-7,9H2,1-2H3,(H,15,17). The number of amides is 1. The normalized spacial score (nSPS) is 37.9. The number of nitriles is 1. The minimum Gasteiger partial charge on any atom is -0.359 e. The summed E-state index contributed by atoms with van der Waals surface area (Å²) in [5, 5.41) is 11.9. The van der Waals surface area contributed by atoms with E-state index in [4.69, 9.17) is 5.26 Å². The van der Waals surface area contributed by atoms with Crippen LogP contribution in [0.3, 0.4) is 0 Å². The number of rotatable bonds is 2. The lowest BCUT2D eigenvalue weighted by atomic mass is 9.89. The van der Waals surface area contributed by atoms with Crippen LogP contribution in [-0.4, -0.2) is 37.0 Å². The van der Waals surface area contributed by atoms with E-state index in [0.29, 0.717) is 6.04 Å². The average Bonchev–Trinajstić information content (AvgIpc) is 2.94. The van der Waals surface area contributed by atoms with Crippen LogP contribution in [0.5, 0.6) is 0 Å². The molecular formula is C13H21N3O. The van der Waals surface area contributed by atoms with Crippen molar-refractivity contribution in [2.45, 2.75) is 38.6 Å². The summed E-state index contributed by atoms with van der Waals surface area (Å²) in [5.41, 5.74) is -0.267. The maximum absolute atomic E-state index is 11.8. The summed E-state index contributed by atoms with van der Waals surface area (Å²) >= 11 is 0. The summed E-state index contributed by atoms with van der Waals surface area (Å²) in [7, 11) is 1.70. The Hall–Kier alpha value is -1.08. The number of nitrogens with one attached hydrogen (secondary N) is 1. The van der Waals surface area contributed by atoms with Crippen LogP contribution in [0.15, 0.2) is 0 Å². The first kappa shape index (κ1) is 12.4. The van der Waals surface area contributed by atoms with E-state index in [2.05, 4.69) is 16.3 Å². The molecule has 3 unspecified atom stereocenters. The highest BCUT2D eigenvalue weighted by atomic mass is 16.2. The minimum absolute atomic E-state index is 0.131. The number of carbonyl (C=O) groups is 1. The minimum atomic E-state index is -0.267. The molecule has 0 bridgehead atoms. The van der Waals surface area contributed by atoms with Crippen LogP contribution in [-0.2, 0) is 4.79 Å². The van der Waals surface area contributed by atoms with Gasteiger partial charge in [-0.2, -0.15) is 5.26 Å². The number of carbonyl (C=O) groups excluding carboxylic acids is 1. The Morgan fingerprint density at radius 2 is 2.29 bits per heavy atom. The summed E-state index contributed by atoms with van der Waals surface area (Å²) in [6, 6.07) is 2.80. The molecule has 0 aromatic rings. The average molecular weight is 235 g/mol. The quantitative estimate of drug-likeness (QED) is 0.780. The first-order valence-electron chi connectivity index (χ1n) is 6.46. The van der Waals surface area contributed by atoms with Crippen molar-refractivity contribution in [3.8, 4) is 6.07 Å². The molecule has 1 heterocycles. The zero-order chi connectivity index (χ0) is 12.5. The highest BCUT2D eigenvalue weighted by Crippen LogP contribution is 2.37. The Morgan fingerprint density at radius 3 is 2.94 bits per heavy atom. The number of hydrogen-bond donors (Lipinski definition) is 1. The van der Waals surface area contributed by atoms with Gasteiger partial charge >= 0.3 is 0 Å². The van der Waals surface area contributed by atoms with E-state index < -0.39 is 0 Å². The lowest BCUT2D eigenvalue weighted by Gasteiger charge is -2.28. The maximum Gasteiger partial charge on any atom is 0.227 e. The van der Waals surface area contributed by atoms with Crippen molar-refractivity contribution in [3.05, 3.63) is 0 Å². The molecule has 1 saturated heterocycles. The van der Waals surface area contributed by atoms with Gasteiger partial charge in [0.1, 0.15) is 0 Å². The van der Waals surface area contributed by atoms with Crippen molar-refractivity contribution in [2.24, 2.45) is 11.3 Å². The van der Waals surface area contributed by atoms with Crippen LogP contribution in [0.4, 0.5) is 0 Å². The van der Waals surface area contributed by atoms with Crippen LogP contribution in [0.1, 0.15) is 32.6 Å². The second kappa shape index (κ2) is 4.66. The molecule has 4 heteroatoms. The third-order valence-corrected chi connectivity index (χ3v) is 4.39. The Morgan fingerprint density at radius 1 is 1.53 bits per heavy atom. The fourth-order valence-corrected chi connectivity index (χ4v) is 3.30. The van der Waals surface area contributed by atoms with Crippen molar-refractivity contribution in [1.29, 1.82) is 5.26 Å². The number of hydrogen-bond acceptors (Lipinski definition) is 3. The van der Waals surface area contributed by atoms with Gasteiger partial charge in [0, 0.05) is 19.6 Å². The van der Waals surface area contributed by atoms with E-state index >= 15 is 0 Å².